The van der Waals surface area contributed by atoms with E-state index in [2.05, 4.69) is 15.7 Å². The Morgan fingerprint density at radius 3 is 2.78 bits per heavy atom. The van der Waals surface area contributed by atoms with Gasteiger partial charge in [0.15, 0.2) is 0 Å². The lowest BCUT2D eigenvalue weighted by Gasteiger charge is -2.24. The Morgan fingerprint density at radius 2 is 2.09 bits per heavy atom. The van der Waals surface area contributed by atoms with Crippen LogP contribution in [-0.4, -0.2) is 41.2 Å². The highest BCUT2D eigenvalue weighted by atomic mass is 16.2. The minimum Gasteiger partial charge on any atom is -0.368 e. The molecule has 1 unspecified atom stereocenters. The number of aryl methyl sites for hydroxylation is 2. The summed E-state index contributed by atoms with van der Waals surface area (Å²) in [5.74, 6) is 0.841. The Kier molecular flexibility index (Phi) is 4.34. The highest BCUT2D eigenvalue weighted by molar-refractivity contribution is 5.97. The molecule has 0 saturated heterocycles. The van der Waals surface area contributed by atoms with Gasteiger partial charge in [0.2, 0.25) is 5.91 Å². The van der Waals surface area contributed by atoms with Crippen molar-refractivity contribution in [3.8, 4) is 0 Å². The number of nitrogens with one attached hydrogen (secondary N) is 2. The summed E-state index contributed by atoms with van der Waals surface area (Å²) < 4.78 is 1.90. The predicted molar refractivity (Wildman–Crippen MR) is 91.6 cm³/mol. The van der Waals surface area contributed by atoms with E-state index in [0.29, 0.717) is 0 Å². The third-order valence-electron chi connectivity index (χ3n) is 4.09. The molecule has 23 heavy (non-hydrogen) atoms. The molecular weight excluding hydrogens is 290 g/mol. The van der Waals surface area contributed by atoms with Crippen molar-refractivity contribution in [1.29, 1.82) is 0 Å². The molecule has 1 aromatic carbocycles. The number of likely N-dealkylation sites (N-methyl/N-ethyl adjacent to an activating group) is 1. The van der Waals surface area contributed by atoms with Crippen molar-refractivity contribution in [2.75, 3.05) is 31.3 Å². The standard InChI is InChI=1S/C17H23N5O/c1-12-5-7-13(8-6-12)15(21(2)3)17(23)20-14-11-19-22-10-4-9-18-16(14)22/h5-8,11,15,18H,4,9-10H2,1-3H3,(H,20,23). The Hall–Kier alpha value is -2.34. The van der Waals surface area contributed by atoms with Gasteiger partial charge in [0, 0.05) is 13.1 Å². The second kappa shape index (κ2) is 6.42. The second-order valence-corrected chi connectivity index (χ2v) is 6.18. The van der Waals surface area contributed by atoms with E-state index in [1.54, 1.807) is 6.20 Å². The van der Waals surface area contributed by atoms with E-state index in [0.717, 1.165) is 36.6 Å². The van der Waals surface area contributed by atoms with Crippen molar-refractivity contribution < 1.29 is 4.79 Å². The molecule has 0 bridgehead atoms. The Labute approximate surface area is 136 Å². The number of nitrogens with zero attached hydrogens (tertiary/aromatic N) is 3. The van der Waals surface area contributed by atoms with Gasteiger partial charge >= 0.3 is 0 Å². The number of aromatic nitrogens is 2. The molecule has 1 aliphatic rings. The van der Waals surface area contributed by atoms with Gasteiger partial charge in [-0.15, -0.1) is 0 Å². The van der Waals surface area contributed by atoms with Gasteiger partial charge in [-0.25, -0.2) is 4.68 Å². The fourth-order valence-electron chi connectivity index (χ4n) is 2.90. The zero-order valence-electron chi connectivity index (χ0n) is 13.8. The molecule has 1 amide bonds. The maximum atomic E-state index is 12.8. The van der Waals surface area contributed by atoms with E-state index in [-0.39, 0.29) is 11.9 Å². The molecule has 0 fully saturated rings. The number of anilines is 2. The fourth-order valence-corrected chi connectivity index (χ4v) is 2.90. The molecule has 0 saturated carbocycles. The van der Waals surface area contributed by atoms with Crippen molar-refractivity contribution in [2.45, 2.75) is 25.9 Å². The molecule has 122 valence electrons. The van der Waals surface area contributed by atoms with Crippen molar-refractivity contribution in [3.63, 3.8) is 0 Å². The quantitative estimate of drug-likeness (QED) is 0.909. The number of hydrogen-bond acceptors (Lipinski definition) is 4. The third-order valence-corrected chi connectivity index (χ3v) is 4.09. The zero-order valence-corrected chi connectivity index (χ0v) is 13.8. The maximum absolute atomic E-state index is 12.8. The van der Waals surface area contributed by atoms with Gasteiger partial charge < -0.3 is 10.6 Å². The van der Waals surface area contributed by atoms with Crippen LogP contribution in [0.1, 0.15) is 23.6 Å². The van der Waals surface area contributed by atoms with Gasteiger partial charge in [0.25, 0.3) is 0 Å². The Balaban J connectivity index is 1.82. The first-order chi connectivity index (χ1) is 11.1. The number of fused-ring (bicyclic) bond motifs is 1. The first kappa shape index (κ1) is 15.6. The van der Waals surface area contributed by atoms with Crippen LogP contribution < -0.4 is 10.6 Å². The highest BCUT2D eigenvalue weighted by Crippen LogP contribution is 2.27. The van der Waals surface area contributed by atoms with Crippen molar-refractivity contribution in [2.24, 2.45) is 0 Å². The second-order valence-electron chi connectivity index (χ2n) is 6.18. The van der Waals surface area contributed by atoms with E-state index >= 15 is 0 Å². The molecule has 6 nitrogen and oxygen atoms in total. The van der Waals surface area contributed by atoms with Crippen LogP contribution in [0.2, 0.25) is 0 Å². The molecule has 3 rings (SSSR count). The van der Waals surface area contributed by atoms with E-state index in [9.17, 15) is 4.79 Å². The van der Waals surface area contributed by atoms with Gasteiger partial charge in [0.05, 0.1) is 6.20 Å². The molecule has 1 atom stereocenters. The van der Waals surface area contributed by atoms with E-state index in [4.69, 9.17) is 0 Å². The van der Waals surface area contributed by atoms with E-state index in [1.807, 2.05) is 54.9 Å². The normalized spacial score (nSPS) is 15.0. The highest BCUT2D eigenvalue weighted by Gasteiger charge is 2.25. The molecule has 1 aliphatic heterocycles. The summed E-state index contributed by atoms with van der Waals surface area (Å²) >= 11 is 0. The lowest BCUT2D eigenvalue weighted by molar-refractivity contribution is -0.120. The average molecular weight is 313 g/mol. The monoisotopic (exact) mass is 313 g/mol. The summed E-state index contributed by atoms with van der Waals surface area (Å²) in [6, 6.07) is 7.73. The van der Waals surface area contributed by atoms with Gasteiger partial charge in [-0.05, 0) is 33.0 Å². The largest absolute Gasteiger partial charge is 0.368 e. The summed E-state index contributed by atoms with van der Waals surface area (Å²) in [5, 5.41) is 10.6. The smallest absolute Gasteiger partial charge is 0.246 e. The maximum Gasteiger partial charge on any atom is 0.246 e. The number of carbonyl (C=O) groups is 1. The number of benzene rings is 1. The van der Waals surface area contributed by atoms with Crippen LogP contribution >= 0.6 is 0 Å². The molecule has 0 radical (unpaired) electrons. The lowest BCUT2D eigenvalue weighted by Crippen LogP contribution is -2.32. The van der Waals surface area contributed by atoms with Gasteiger partial charge in [-0.1, -0.05) is 29.8 Å². The average Bonchev–Trinajstić information content (AvgIpc) is 2.92. The van der Waals surface area contributed by atoms with Crippen LogP contribution in [0.3, 0.4) is 0 Å². The molecule has 6 heteroatoms. The Bertz CT molecular complexity index is 690. The fraction of sp³-hybridized carbons (Fsp3) is 0.412. The van der Waals surface area contributed by atoms with Crippen LogP contribution in [0.4, 0.5) is 11.5 Å². The Morgan fingerprint density at radius 1 is 1.35 bits per heavy atom. The van der Waals surface area contributed by atoms with Crippen LogP contribution in [0.5, 0.6) is 0 Å². The number of hydrogen-bond donors (Lipinski definition) is 2. The minimum absolute atomic E-state index is 0.0537. The SMILES string of the molecule is Cc1ccc(C(C(=O)Nc2cnn3c2NCCC3)N(C)C)cc1. The minimum atomic E-state index is -0.338. The van der Waals surface area contributed by atoms with Gasteiger partial charge in [0.1, 0.15) is 17.5 Å². The molecule has 0 aliphatic carbocycles. The first-order valence-corrected chi connectivity index (χ1v) is 7.90. The molecule has 2 heterocycles. The predicted octanol–water partition coefficient (Wildman–Crippen LogP) is 2.25. The molecule has 2 N–H and O–H groups in total. The lowest BCUT2D eigenvalue weighted by atomic mass is 10.0. The van der Waals surface area contributed by atoms with E-state index < -0.39 is 0 Å². The van der Waals surface area contributed by atoms with Crippen molar-refractivity contribution >= 4 is 17.4 Å². The number of rotatable bonds is 4. The summed E-state index contributed by atoms with van der Waals surface area (Å²) in [6.07, 6.45) is 2.76. The first-order valence-electron chi connectivity index (χ1n) is 7.90. The summed E-state index contributed by atoms with van der Waals surface area (Å²) in [4.78, 5) is 14.7. The van der Waals surface area contributed by atoms with Crippen LogP contribution in [0.25, 0.3) is 0 Å². The van der Waals surface area contributed by atoms with E-state index in [1.165, 1.54) is 5.56 Å². The molecule has 0 spiro atoms. The topological polar surface area (TPSA) is 62.2 Å². The zero-order chi connectivity index (χ0) is 16.4. The van der Waals surface area contributed by atoms with Gasteiger partial charge in [-0.3, -0.25) is 9.69 Å². The van der Waals surface area contributed by atoms with Crippen LogP contribution in [0.15, 0.2) is 30.5 Å². The van der Waals surface area contributed by atoms with Crippen LogP contribution in [0, 0.1) is 6.92 Å². The van der Waals surface area contributed by atoms with Crippen molar-refractivity contribution in [1.82, 2.24) is 14.7 Å². The molecular formula is C17H23N5O. The van der Waals surface area contributed by atoms with Crippen LogP contribution in [-0.2, 0) is 11.3 Å². The molecule has 1 aromatic heterocycles. The molecule has 2 aromatic rings. The number of carbonyl (C=O) groups excluding carboxylic acids is 1. The van der Waals surface area contributed by atoms with Crippen molar-refractivity contribution in [3.05, 3.63) is 41.6 Å². The number of amides is 1. The summed E-state index contributed by atoms with van der Waals surface area (Å²) in [5.41, 5.74) is 2.90. The third kappa shape index (κ3) is 3.22. The van der Waals surface area contributed by atoms with Gasteiger partial charge in [-0.2, -0.15) is 5.10 Å². The summed E-state index contributed by atoms with van der Waals surface area (Å²) in [7, 11) is 3.83. The summed E-state index contributed by atoms with van der Waals surface area (Å²) in [6.45, 7) is 3.83.